The van der Waals surface area contributed by atoms with Crippen LogP contribution in [0.1, 0.15) is 53.3 Å². The molecular formula is C18H21NO5. The van der Waals surface area contributed by atoms with E-state index in [2.05, 4.69) is 12.1 Å². The van der Waals surface area contributed by atoms with Gasteiger partial charge in [0.05, 0.1) is 36.6 Å². The summed E-state index contributed by atoms with van der Waals surface area (Å²) in [6.45, 7) is 2.05. The second kappa shape index (κ2) is 7.77. The second-order valence-corrected chi connectivity index (χ2v) is 5.48. The van der Waals surface area contributed by atoms with Gasteiger partial charge in [-0.3, -0.25) is 9.59 Å². The van der Waals surface area contributed by atoms with Gasteiger partial charge in [-0.05, 0) is 31.1 Å². The molecule has 0 fully saturated rings. The highest BCUT2D eigenvalue weighted by molar-refractivity contribution is 6.37. The molecule has 6 nitrogen and oxygen atoms in total. The van der Waals surface area contributed by atoms with Gasteiger partial charge in [-0.25, -0.2) is 0 Å². The average Bonchev–Trinajstić information content (AvgIpc) is 2.61. The number of ketones is 2. The standard InChI is InChI=1S/C18H21NO5/c1-4-5-6-7-12(19-22)11-10-13(20)16-14(23-2)8-9-15(24-3)17(16)18(11)21/h8-10,22H,4-7H2,1-3H3/b19-12+. The molecule has 0 spiro atoms. The minimum absolute atomic E-state index is 0.109. The van der Waals surface area contributed by atoms with Gasteiger partial charge in [0.25, 0.3) is 0 Å². The summed E-state index contributed by atoms with van der Waals surface area (Å²) in [5.74, 6) is -0.162. The summed E-state index contributed by atoms with van der Waals surface area (Å²) in [4.78, 5) is 25.4. The summed E-state index contributed by atoms with van der Waals surface area (Å²) < 4.78 is 10.4. The van der Waals surface area contributed by atoms with Crippen molar-refractivity contribution in [3.63, 3.8) is 0 Å². The Hall–Kier alpha value is -2.63. The lowest BCUT2D eigenvalue weighted by molar-refractivity contribution is 0.0983. The van der Waals surface area contributed by atoms with E-state index in [-0.39, 0.29) is 28.2 Å². The lowest BCUT2D eigenvalue weighted by atomic mass is 9.85. The number of benzene rings is 1. The minimum atomic E-state index is -0.398. The normalized spacial score (nSPS) is 14.3. The van der Waals surface area contributed by atoms with Crippen molar-refractivity contribution in [1.82, 2.24) is 0 Å². The summed E-state index contributed by atoms with van der Waals surface area (Å²) in [7, 11) is 2.87. The number of methoxy groups -OCH3 is 2. The highest BCUT2D eigenvalue weighted by Gasteiger charge is 2.33. The van der Waals surface area contributed by atoms with Gasteiger partial charge in [0.15, 0.2) is 11.6 Å². The van der Waals surface area contributed by atoms with Crippen LogP contribution in [0.5, 0.6) is 11.5 Å². The zero-order valence-corrected chi connectivity index (χ0v) is 14.1. The lowest BCUT2D eigenvalue weighted by Gasteiger charge is -2.20. The Kier molecular flexibility index (Phi) is 5.73. The van der Waals surface area contributed by atoms with Gasteiger partial charge in [-0.2, -0.15) is 0 Å². The van der Waals surface area contributed by atoms with E-state index in [1.54, 1.807) is 12.1 Å². The van der Waals surface area contributed by atoms with Crippen molar-refractivity contribution in [3.05, 3.63) is 34.9 Å². The SMILES string of the molecule is CCCCC/C(=N\O)C1=CC(=O)c2c(OC)ccc(OC)c2C1=O. The molecule has 0 atom stereocenters. The molecule has 0 aromatic heterocycles. The number of fused-ring (bicyclic) bond motifs is 1. The van der Waals surface area contributed by atoms with E-state index < -0.39 is 5.78 Å². The number of ether oxygens (including phenoxy) is 2. The third-order valence-electron chi connectivity index (χ3n) is 4.01. The summed E-state index contributed by atoms with van der Waals surface area (Å²) in [5, 5.41) is 12.5. The topological polar surface area (TPSA) is 85.2 Å². The molecule has 0 aliphatic heterocycles. The average molecular weight is 331 g/mol. The third kappa shape index (κ3) is 3.18. The molecule has 0 saturated heterocycles. The van der Waals surface area contributed by atoms with Gasteiger partial charge in [-0.15, -0.1) is 0 Å². The van der Waals surface area contributed by atoms with Crippen LogP contribution in [0.4, 0.5) is 0 Å². The van der Waals surface area contributed by atoms with Crippen molar-refractivity contribution < 1.29 is 24.3 Å². The maximum Gasteiger partial charge on any atom is 0.199 e. The number of oxime groups is 1. The highest BCUT2D eigenvalue weighted by atomic mass is 16.5. The lowest BCUT2D eigenvalue weighted by Crippen LogP contribution is -2.23. The van der Waals surface area contributed by atoms with Gasteiger partial charge in [0, 0.05) is 0 Å². The number of hydrogen-bond acceptors (Lipinski definition) is 6. The van der Waals surface area contributed by atoms with Crippen molar-refractivity contribution in [2.75, 3.05) is 14.2 Å². The molecule has 1 aromatic rings. The van der Waals surface area contributed by atoms with E-state index in [0.29, 0.717) is 17.9 Å². The molecule has 24 heavy (non-hydrogen) atoms. The van der Waals surface area contributed by atoms with E-state index in [1.807, 2.05) is 0 Å². The van der Waals surface area contributed by atoms with Crippen LogP contribution in [0.3, 0.4) is 0 Å². The maximum atomic E-state index is 12.9. The van der Waals surface area contributed by atoms with E-state index in [0.717, 1.165) is 19.3 Å². The van der Waals surface area contributed by atoms with Gasteiger partial charge in [0.1, 0.15) is 11.5 Å². The monoisotopic (exact) mass is 331 g/mol. The molecule has 1 aliphatic carbocycles. The molecule has 0 bridgehead atoms. The molecule has 0 saturated carbocycles. The largest absolute Gasteiger partial charge is 0.496 e. The second-order valence-electron chi connectivity index (χ2n) is 5.48. The van der Waals surface area contributed by atoms with Crippen LogP contribution < -0.4 is 9.47 Å². The van der Waals surface area contributed by atoms with Crippen molar-refractivity contribution in [1.29, 1.82) is 0 Å². The fraction of sp³-hybridized carbons (Fsp3) is 0.389. The molecule has 1 aromatic carbocycles. The number of hydrogen-bond donors (Lipinski definition) is 1. The van der Waals surface area contributed by atoms with Crippen LogP contribution in [0, 0.1) is 0 Å². The first-order valence-corrected chi connectivity index (χ1v) is 7.86. The number of carbonyl (C=O) groups excluding carboxylic acids is 2. The van der Waals surface area contributed by atoms with Gasteiger partial charge < -0.3 is 14.7 Å². The van der Waals surface area contributed by atoms with E-state index in [1.165, 1.54) is 20.3 Å². The Balaban J connectivity index is 2.49. The van der Waals surface area contributed by atoms with Crippen molar-refractivity contribution in [2.24, 2.45) is 5.16 Å². The zero-order chi connectivity index (χ0) is 17.7. The first-order chi connectivity index (χ1) is 11.6. The fourth-order valence-electron chi connectivity index (χ4n) is 2.77. The first kappa shape index (κ1) is 17.7. The maximum absolute atomic E-state index is 12.9. The number of unbranched alkanes of at least 4 members (excludes halogenated alkanes) is 2. The molecule has 0 radical (unpaired) electrons. The van der Waals surface area contributed by atoms with Crippen molar-refractivity contribution in [2.45, 2.75) is 32.6 Å². The van der Waals surface area contributed by atoms with E-state index in [4.69, 9.17) is 9.47 Å². The number of nitrogens with zero attached hydrogens (tertiary/aromatic N) is 1. The summed E-state index contributed by atoms with van der Waals surface area (Å²) in [6, 6.07) is 3.17. The molecule has 0 unspecified atom stereocenters. The first-order valence-electron chi connectivity index (χ1n) is 7.86. The zero-order valence-electron chi connectivity index (χ0n) is 14.1. The molecule has 0 amide bonds. The Morgan fingerprint density at radius 1 is 1.08 bits per heavy atom. The number of rotatable bonds is 7. The molecule has 1 N–H and O–H groups in total. The summed E-state index contributed by atoms with van der Waals surface area (Å²) in [6.07, 6.45) is 4.36. The van der Waals surface area contributed by atoms with Gasteiger partial charge in [-0.1, -0.05) is 24.9 Å². The predicted molar refractivity (Wildman–Crippen MR) is 89.7 cm³/mol. The smallest absolute Gasteiger partial charge is 0.199 e. The fourth-order valence-corrected chi connectivity index (χ4v) is 2.77. The molecular weight excluding hydrogens is 310 g/mol. The van der Waals surface area contributed by atoms with Crippen molar-refractivity contribution >= 4 is 17.3 Å². The van der Waals surface area contributed by atoms with E-state index >= 15 is 0 Å². The third-order valence-corrected chi connectivity index (χ3v) is 4.01. The minimum Gasteiger partial charge on any atom is -0.496 e. The van der Waals surface area contributed by atoms with Crippen LogP contribution in [-0.2, 0) is 0 Å². The van der Waals surface area contributed by atoms with Crippen molar-refractivity contribution in [3.8, 4) is 11.5 Å². The molecule has 1 aliphatic rings. The number of Topliss-reactive ketones (excluding diaryl/α,β-unsaturated/α-hetero) is 1. The van der Waals surface area contributed by atoms with E-state index in [9.17, 15) is 14.8 Å². The van der Waals surface area contributed by atoms with Gasteiger partial charge in [0.2, 0.25) is 0 Å². The van der Waals surface area contributed by atoms with Crippen LogP contribution in [0.2, 0.25) is 0 Å². The highest BCUT2D eigenvalue weighted by Crippen LogP contribution is 2.36. The van der Waals surface area contributed by atoms with Crippen LogP contribution in [-0.4, -0.2) is 36.7 Å². The number of allylic oxidation sites excluding steroid dienone is 2. The summed E-state index contributed by atoms with van der Waals surface area (Å²) in [5.41, 5.74) is 0.655. The molecule has 0 heterocycles. The molecule has 2 rings (SSSR count). The summed E-state index contributed by atoms with van der Waals surface area (Å²) >= 11 is 0. The Morgan fingerprint density at radius 2 is 1.71 bits per heavy atom. The predicted octanol–water partition coefficient (Wildman–Crippen LogP) is 3.42. The quantitative estimate of drug-likeness (QED) is 0.358. The Bertz CT molecular complexity index is 718. The number of carbonyl (C=O) groups is 2. The molecule has 128 valence electrons. The molecule has 6 heteroatoms. The van der Waals surface area contributed by atoms with Crippen LogP contribution in [0.15, 0.2) is 28.9 Å². The van der Waals surface area contributed by atoms with Crippen LogP contribution >= 0.6 is 0 Å². The van der Waals surface area contributed by atoms with Gasteiger partial charge >= 0.3 is 0 Å². The Morgan fingerprint density at radius 3 is 2.25 bits per heavy atom. The van der Waals surface area contributed by atoms with Crippen LogP contribution in [0.25, 0.3) is 0 Å². The Labute approximate surface area is 140 Å².